The molecule has 5 nitrogen and oxygen atoms in total. The normalized spacial score (nSPS) is 11.1. The van der Waals surface area contributed by atoms with Gasteiger partial charge in [0.15, 0.2) is 5.78 Å². The van der Waals surface area contributed by atoms with Crippen molar-refractivity contribution in [3.05, 3.63) is 33.8 Å². The summed E-state index contributed by atoms with van der Waals surface area (Å²) in [6, 6.07) is 4.98. The maximum absolute atomic E-state index is 11.5. The number of carbonyl (C=O) groups excluding carboxylic acids is 2. The fourth-order valence-electron chi connectivity index (χ4n) is 1.28. The highest BCUT2D eigenvalue weighted by Gasteiger charge is 2.19. The summed E-state index contributed by atoms with van der Waals surface area (Å²) in [5.74, 6) is -1.38. The minimum atomic E-state index is -0.828. The molecule has 0 N–H and O–H groups in total. The molecule has 0 aliphatic rings. The minimum Gasteiger partial charge on any atom is -0.461 e. The number of ketones is 1. The second kappa shape index (κ2) is 7.87. The number of carbonyl (C=O) groups is 2. The summed E-state index contributed by atoms with van der Waals surface area (Å²) in [7, 11) is 0. The van der Waals surface area contributed by atoms with Gasteiger partial charge in [0, 0.05) is 22.5 Å². The van der Waals surface area contributed by atoms with Gasteiger partial charge in [-0.15, -0.1) is 0 Å². The van der Waals surface area contributed by atoms with Gasteiger partial charge in [-0.05, 0) is 19.1 Å². The molecule has 0 bridgehead atoms. The van der Waals surface area contributed by atoms with E-state index in [0.717, 1.165) is 0 Å². The number of hydrogen-bond acceptors (Lipinski definition) is 5. The van der Waals surface area contributed by atoms with Crippen molar-refractivity contribution in [1.82, 2.24) is 0 Å². The lowest BCUT2D eigenvalue weighted by Crippen LogP contribution is -2.24. The van der Waals surface area contributed by atoms with Gasteiger partial charge in [-0.2, -0.15) is 0 Å². The predicted octanol–water partition coefficient (Wildman–Crippen LogP) is 3.02. The molecule has 0 aromatic heterocycles. The molecule has 0 fully saturated rings. The van der Waals surface area contributed by atoms with Crippen molar-refractivity contribution in [2.75, 3.05) is 6.61 Å². The Hall–Kier alpha value is -1.59. The summed E-state index contributed by atoms with van der Waals surface area (Å²) in [5.41, 5.74) is 0.112. The summed E-state index contributed by atoms with van der Waals surface area (Å²) in [6.45, 7) is 2.90. The van der Waals surface area contributed by atoms with Crippen molar-refractivity contribution >= 4 is 40.7 Å². The highest BCUT2D eigenvalue weighted by Crippen LogP contribution is 2.24. The van der Waals surface area contributed by atoms with Crippen molar-refractivity contribution < 1.29 is 19.2 Å². The third-order valence-corrected chi connectivity index (χ3v) is 2.94. The summed E-state index contributed by atoms with van der Waals surface area (Å²) >= 11 is 11.9. The standard InChI is InChI=1S/C13H13Cl2NO4/c1-3-19-13(18)12(8(2)17)16-20-7-9-10(14)5-4-6-11(9)15/h4-6H,3,7H2,1-2H3/b16-12+. The van der Waals surface area contributed by atoms with Crippen LogP contribution in [0.15, 0.2) is 23.4 Å². The summed E-state index contributed by atoms with van der Waals surface area (Å²) in [6.07, 6.45) is 0. The maximum atomic E-state index is 11.5. The van der Waals surface area contributed by atoms with Gasteiger partial charge in [0.1, 0.15) is 6.61 Å². The Morgan fingerprint density at radius 1 is 1.25 bits per heavy atom. The molecule has 0 saturated heterocycles. The Morgan fingerprint density at radius 2 is 1.85 bits per heavy atom. The number of esters is 1. The van der Waals surface area contributed by atoms with E-state index in [0.29, 0.717) is 15.6 Å². The lowest BCUT2D eigenvalue weighted by Gasteiger charge is -2.06. The number of oxime groups is 1. The molecule has 0 unspecified atom stereocenters. The first-order valence-corrected chi connectivity index (χ1v) is 6.53. The van der Waals surface area contributed by atoms with Crippen LogP contribution in [0.4, 0.5) is 0 Å². The molecule has 20 heavy (non-hydrogen) atoms. The smallest absolute Gasteiger partial charge is 0.364 e. The number of benzene rings is 1. The molecule has 1 aromatic carbocycles. The fraction of sp³-hybridized carbons (Fsp3) is 0.308. The third-order valence-electron chi connectivity index (χ3n) is 2.23. The van der Waals surface area contributed by atoms with Crippen LogP contribution in [0, 0.1) is 0 Å². The second-order valence-corrected chi connectivity index (χ2v) is 4.50. The van der Waals surface area contributed by atoms with Crippen molar-refractivity contribution in [2.45, 2.75) is 20.5 Å². The number of Topliss-reactive ketones (excluding diaryl/α,β-unsaturated/α-hetero) is 1. The van der Waals surface area contributed by atoms with E-state index < -0.39 is 17.5 Å². The summed E-state index contributed by atoms with van der Waals surface area (Å²) in [4.78, 5) is 27.7. The van der Waals surface area contributed by atoms with Crippen LogP contribution in [-0.2, 0) is 25.8 Å². The van der Waals surface area contributed by atoms with Crippen molar-refractivity contribution in [3.8, 4) is 0 Å². The first-order valence-electron chi connectivity index (χ1n) is 5.78. The Morgan fingerprint density at radius 3 is 2.35 bits per heavy atom. The third kappa shape index (κ3) is 4.51. The van der Waals surface area contributed by atoms with Crippen molar-refractivity contribution in [3.63, 3.8) is 0 Å². The van der Waals surface area contributed by atoms with E-state index in [1.165, 1.54) is 6.92 Å². The number of halogens is 2. The largest absolute Gasteiger partial charge is 0.461 e. The van der Waals surface area contributed by atoms with Crippen LogP contribution < -0.4 is 0 Å². The Bertz CT molecular complexity index is 523. The van der Waals surface area contributed by atoms with E-state index in [2.05, 4.69) is 5.16 Å². The topological polar surface area (TPSA) is 65.0 Å². The molecule has 1 rings (SSSR count). The zero-order valence-electron chi connectivity index (χ0n) is 11.0. The molecule has 7 heteroatoms. The number of nitrogens with zero attached hydrogens (tertiary/aromatic N) is 1. The van der Waals surface area contributed by atoms with Crippen LogP contribution in [-0.4, -0.2) is 24.1 Å². The van der Waals surface area contributed by atoms with Crippen LogP contribution in [0.2, 0.25) is 10.0 Å². The Kier molecular flexibility index (Phi) is 6.48. The molecule has 0 amide bonds. The molecule has 0 aliphatic heterocycles. The van der Waals surface area contributed by atoms with E-state index in [1.54, 1.807) is 25.1 Å². The molecule has 1 aromatic rings. The van der Waals surface area contributed by atoms with Gasteiger partial charge in [-0.3, -0.25) is 4.79 Å². The number of hydrogen-bond donors (Lipinski definition) is 0. The minimum absolute atomic E-state index is 0.0608. The monoisotopic (exact) mass is 317 g/mol. The van der Waals surface area contributed by atoms with Gasteiger partial charge in [-0.25, -0.2) is 4.79 Å². The average molecular weight is 318 g/mol. The summed E-state index contributed by atoms with van der Waals surface area (Å²) < 4.78 is 4.69. The van der Waals surface area contributed by atoms with E-state index in [1.807, 2.05) is 0 Å². The number of rotatable bonds is 6. The van der Waals surface area contributed by atoms with E-state index >= 15 is 0 Å². The molecule has 0 spiro atoms. The Labute approximate surface area is 126 Å². The van der Waals surface area contributed by atoms with Crippen LogP contribution >= 0.6 is 23.2 Å². The van der Waals surface area contributed by atoms with Gasteiger partial charge in [0.05, 0.1) is 6.61 Å². The highest BCUT2D eigenvalue weighted by molar-refractivity contribution is 6.63. The zero-order chi connectivity index (χ0) is 15.1. The molecule has 0 heterocycles. The van der Waals surface area contributed by atoms with Gasteiger partial charge >= 0.3 is 5.97 Å². The zero-order valence-corrected chi connectivity index (χ0v) is 12.5. The Balaban J connectivity index is 2.79. The molecule has 108 valence electrons. The molecule has 0 radical (unpaired) electrons. The van der Waals surface area contributed by atoms with E-state index in [9.17, 15) is 9.59 Å². The predicted molar refractivity (Wildman–Crippen MR) is 76.0 cm³/mol. The molecule has 0 aliphatic carbocycles. The van der Waals surface area contributed by atoms with E-state index in [4.69, 9.17) is 32.8 Å². The van der Waals surface area contributed by atoms with Crippen LogP contribution in [0.25, 0.3) is 0 Å². The first kappa shape index (κ1) is 16.5. The summed E-state index contributed by atoms with van der Waals surface area (Å²) in [5, 5.41) is 4.32. The van der Waals surface area contributed by atoms with Crippen LogP contribution in [0.5, 0.6) is 0 Å². The number of ether oxygens (including phenoxy) is 1. The lowest BCUT2D eigenvalue weighted by atomic mass is 10.2. The van der Waals surface area contributed by atoms with Gasteiger partial charge < -0.3 is 9.57 Å². The van der Waals surface area contributed by atoms with Gasteiger partial charge in [0.25, 0.3) is 0 Å². The quantitative estimate of drug-likeness (QED) is 0.350. The van der Waals surface area contributed by atoms with Crippen molar-refractivity contribution in [2.24, 2.45) is 5.16 Å². The van der Waals surface area contributed by atoms with Crippen LogP contribution in [0.3, 0.4) is 0 Å². The highest BCUT2D eigenvalue weighted by atomic mass is 35.5. The second-order valence-electron chi connectivity index (χ2n) is 3.69. The van der Waals surface area contributed by atoms with Gasteiger partial charge in [-0.1, -0.05) is 34.4 Å². The maximum Gasteiger partial charge on any atom is 0.364 e. The molecular formula is C13H13Cl2NO4. The molecular weight excluding hydrogens is 305 g/mol. The first-order chi connectivity index (χ1) is 9.47. The van der Waals surface area contributed by atoms with Gasteiger partial charge in [0.2, 0.25) is 5.71 Å². The van der Waals surface area contributed by atoms with Crippen LogP contribution in [0.1, 0.15) is 19.4 Å². The SMILES string of the molecule is CCOC(=O)/C(=N/OCc1c(Cl)cccc1Cl)C(C)=O. The molecule has 0 atom stereocenters. The lowest BCUT2D eigenvalue weighted by molar-refractivity contribution is -0.136. The molecule has 0 saturated carbocycles. The van der Waals surface area contributed by atoms with E-state index in [-0.39, 0.29) is 13.2 Å². The average Bonchev–Trinajstić information content (AvgIpc) is 2.37. The fourth-order valence-corrected chi connectivity index (χ4v) is 1.78. The van der Waals surface area contributed by atoms with Crippen molar-refractivity contribution in [1.29, 1.82) is 0 Å².